The summed E-state index contributed by atoms with van der Waals surface area (Å²) in [5.74, 6) is -0.474. The van der Waals surface area contributed by atoms with Gasteiger partial charge in [-0.1, -0.05) is 12.1 Å². The molecule has 4 rings (SSSR count). The quantitative estimate of drug-likeness (QED) is 0.324. The van der Waals surface area contributed by atoms with Gasteiger partial charge >= 0.3 is 5.97 Å². The van der Waals surface area contributed by atoms with Crippen molar-refractivity contribution in [1.82, 2.24) is 9.47 Å². The van der Waals surface area contributed by atoms with Gasteiger partial charge in [0.2, 0.25) is 0 Å². The standard InChI is InChI=1S/C25H28BrFN2O5S/c1-3-34-25(31)23-21(15-35(32)14-16-4-6-17(27)7-5-16)28(2)20-12-19(26)24(30)18(22(20)23)13-29-8-10-33-11-9-29/h4-7,12,30H,3,8-11,13-15H2,1-2H3. The number of nitrogens with zero attached hydrogens (tertiary/aromatic N) is 2. The van der Waals surface area contributed by atoms with Crippen molar-refractivity contribution >= 4 is 44.0 Å². The third-order valence-electron chi connectivity index (χ3n) is 6.14. The summed E-state index contributed by atoms with van der Waals surface area (Å²) in [4.78, 5) is 15.4. The smallest absolute Gasteiger partial charge is 0.340 e. The summed E-state index contributed by atoms with van der Waals surface area (Å²) in [7, 11) is 1.82. The van der Waals surface area contributed by atoms with E-state index in [1.807, 2.05) is 11.6 Å². The van der Waals surface area contributed by atoms with E-state index < -0.39 is 17.1 Å². The molecule has 10 heteroatoms. The maximum Gasteiger partial charge on any atom is 0.340 e. The topological polar surface area (TPSA) is 87.0 Å². The van der Waals surface area contributed by atoms with Gasteiger partial charge in [-0.3, -0.25) is 4.90 Å². The predicted octanol–water partition coefficient (Wildman–Crippen LogP) is 4.24. The number of aromatic nitrogens is 1. The van der Waals surface area contributed by atoms with Crippen molar-refractivity contribution in [2.45, 2.75) is 25.0 Å². The summed E-state index contributed by atoms with van der Waals surface area (Å²) in [5, 5.41) is 11.6. The molecule has 2 aromatic carbocycles. The molecule has 0 amide bonds. The average Bonchev–Trinajstić information content (AvgIpc) is 3.10. The minimum absolute atomic E-state index is 0.0686. The number of phenols is 1. The van der Waals surface area contributed by atoms with E-state index in [1.54, 1.807) is 25.1 Å². The van der Waals surface area contributed by atoms with Crippen molar-refractivity contribution in [1.29, 1.82) is 0 Å². The molecule has 0 aliphatic carbocycles. The molecule has 0 radical (unpaired) electrons. The number of morpholine rings is 1. The van der Waals surface area contributed by atoms with E-state index in [9.17, 15) is 18.8 Å². The summed E-state index contributed by atoms with van der Waals surface area (Å²) < 4.78 is 39.6. The number of halogens is 2. The second-order valence-corrected chi connectivity index (χ2v) is 10.7. The molecule has 1 saturated heterocycles. The highest BCUT2D eigenvalue weighted by Crippen LogP contribution is 2.40. The van der Waals surface area contributed by atoms with Gasteiger partial charge in [-0.25, -0.2) is 9.18 Å². The van der Waals surface area contributed by atoms with E-state index in [0.29, 0.717) is 59.5 Å². The largest absolute Gasteiger partial charge is 0.616 e. The molecule has 7 nitrogen and oxygen atoms in total. The molecule has 0 bridgehead atoms. The van der Waals surface area contributed by atoms with Crippen molar-refractivity contribution in [2.75, 3.05) is 32.9 Å². The minimum Gasteiger partial charge on any atom is -0.616 e. The van der Waals surface area contributed by atoms with Crippen LogP contribution in [0.1, 0.15) is 34.1 Å². The van der Waals surface area contributed by atoms with E-state index in [2.05, 4.69) is 20.8 Å². The van der Waals surface area contributed by atoms with Crippen LogP contribution in [0.5, 0.6) is 5.75 Å². The predicted molar refractivity (Wildman–Crippen MR) is 136 cm³/mol. The number of aromatic hydroxyl groups is 1. The zero-order valence-electron chi connectivity index (χ0n) is 19.7. The lowest BCUT2D eigenvalue weighted by molar-refractivity contribution is 0.0340. The molecule has 35 heavy (non-hydrogen) atoms. The van der Waals surface area contributed by atoms with Crippen LogP contribution in [0.3, 0.4) is 0 Å². The Morgan fingerprint density at radius 3 is 2.60 bits per heavy atom. The molecule has 3 aromatic rings. The Labute approximate surface area is 215 Å². The van der Waals surface area contributed by atoms with E-state index in [1.165, 1.54) is 12.1 Å². The Hall–Kier alpha value is -2.11. The highest BCUT2D eigenvalue weighted by Gasteiger charge is 2.30. The minimum atomic E-state index is -1.37. The molecule has 2 heterocycles. The molecule has 1 aromatic heterocycles. The summed E-state index contributed by atoms with van der Waals surface area (Å²) >= 11 is 2.08. The lowest BCUT2D eigenvalue weighted by Gasteiger charge is -2.27. The molecule has 1 fully saturated rings. The molecule has 1 N–H and O–H groups in total. The maximum atomic E-state index is 13.3. The number of benzene rings is 2. The molecule has 0 spiro atoms. The van der Waals surface area contributed by atoms with Crippen molar-refractivity contribution in [3.05, 3.63) is 63.0 Å². The van der Waals surface area contributed by atoms with Gasteiger partial charge in [-0.05, 0) is 52.2 Å². The van der Waals surface area contributed by atoms with Crippen molar-refractivity contribution in [3.8, 4) is 5.75 Å². The first kappa shape index (κ1) is 26.0. The van der Waals surface area contributed by atoms with Crippen LogP contribution in [0, 0.1) is 5.82 Å². The van der Waals surface area contributed by atoms with Gasteiger partial charge in [-0.2, -0.15) is 0 Å². The maximum absolute atomic E-state index is 13.3. The monoisotopic (exact) mass is 566 g/mol. The first-order chi connectivity index (χ1) is 16.8. The van der Waals surface area contributed by atoms with Gasteiger partial charge in [0, 0.05) is 43.2 Å². The highest BCUT2D eigenvalue weighted by atomic mass is 79.9. The first-order valence-electron chi connectivity index (χ1n) is 11.4. The van der Waals surface area contributed by atoms with Crippen LogP contribution in [-0.2, 0) is 45.7 Å². The van der Waals surface area contributed by atoms with Gasteiger partial charge in [0.15, 0.2) is 0 Å². The Balaban J connectivity index is 1.79. The van der Waals surface area contributed by atoms with Crippen LogP contribution >= 0.6 is 15.9 Å². The van der Waals surface area contributed by atoms with Crippen LogP contribution in [0.4, 0.5) is 4.39 Å². The van der Waals surface area contributed by atoms with E-state index in [0.717, 1.165) is 11.1 Å². The number of ether oxygens (including phenoxy) is 2. The summed E-state index contributed by atoms with van der Waals surface area (Å²) in [5.41, 5.74) is 2.98. The Morgan fingerprint density at radius 1 is 1.26 bits per heavy atom. The third kappa shape index (κ3) is 5.67. The Morgan fingerprint density at radius 2 is 1.94 bits per heavy atom. The lowest BCUT2D eigenvalue weighted by Crippen LogP contribution is -2.35. The fourth-order valence-corrected chi connectivity index (χ4v) is 6.14. The molecule has 1 aliphatic heterocycles. The summed E-state index contributed by atoms with van der Waals surface area (Å²) in [6.45, 7) is 4.98. The molecular formula is C25H28BrFN2O5S. The first-order valence-corrected chi connectivity index (χ1v) is 13.7. The Kier molecular flexibility index (Phi) is 8.38. The SMILES string of the molecule is CCOC(=O)c1c(C[S+]([O-])Cc2ccc(F)cc2)n(C)c2cc(Br)c(O)c(CN3CCOCC3)c12. The molecule has 188 valence electrons. The normalized spacial score (nSPS) is 15.5. The van der Waals surface area contributed by atoms with Crippen LogP contribution in [0.25, 0.3) is 10.9 Å². The van der Waals surface area contributed by atoms with E-state index >= 15 is 0 Å². The molecule has 1 unspecified atom stereocenters. The number of phenolic OH excluding ortho intramolecular Hbond substituents is 1. The van der Waals surface area contributed by atoms with Crippen molar-refractivity contribution in [2.24, 2.45) is 7.05 Å². The fraction of sp³-hybridized carbons (Fsp3) is 0.400. The number of rotatable bonds is 8. The molecular weight excluding hydrogens is 539 g/mol. The van der Waals surface area contributed by atoms with Crippen molar-refractivity contribution in [3.63, 3.8) is 0 Å². The van der Waals surface area contributed by atoms with Gasteiger partial charge in [0.05, 0.1) is 41.1 Å². The average molecular weight is 567 g/mol. The number of carbonyl (C=O) groups excluding carboxylic acids is 1. The number of carbonyl (C=O) groups is 1. The third-order valence-corrected chi connectivity index (χ3v) is 8.00. The molecule has 1 aliphatic rings. The number of hydrogen-bond donors (Lipinski definition) is 1. The number of fused-ring (bicyclic) bond motifs is 1. The zero-order valence-corrected chi connectivity index (χ0v) is 22.1. The van der Waals surface area contributed by atoms with Crippen LogP contribution < -0.4 is 0 Å². The molecule has 0 saturated carbocycles. The van der Waals surface area contributed by atoms with Crippen LogP contribution in [0.2, 0.25) is 0 Å². The van der Waals surface area contributed by atoms with E-state index in [4.69, 9.17) is 9.47 Å². The Bertz CT molecular complexity index is 1210. The van der Waals surface area contributed by atoms with Crippen LogP contribution in [-0.4, -0.2) is 58.0 Å². The molecule has 1 atom stereocenters. The van der Waals surface area contributed by atoms with Gasteiger partial charge in [0.25, 0.3) is 0 Å². The zero-order chi connectivity index (χ0) is 25.1. The second-order valence-electron chi connectivity index (χ2n) is 8.42. The second kappa shape index (κ2) is 11.3. The van der Waals surface area contributed by atoms with Crippen molar-refractivity contribution < 1.29 is 28.3 Å². The lowest BCUT2D eigenvalue weighted by atomic mass is 10.0. The van der Waals surface area contributed by atoms with Gasteiger partial charge in [0.1, 0.15) is 23.1 Å². The fourth-order valence-electron chi connectivity index (χ4n) is 4.38. The summed E-state index contributed by atoms with van der Waals surface area (Å²) in [6.07, 6.45) is 0. The number of hydrogen-bond acceptors (Lipinski definition) is 6. The van der Waals surface area contributed by atoms with E-state index in [-0.39, 0.29) is 29.7 Å². The van der Waals surface area contributed by atoms with Crippen LogP contribution in [0.15, 0.2) is 34.8 Å². The van der Waals surface area contributed by atoms with Gasteiger partial charge in [-0.15, -0.1) is 0 Å². The summed E-state index contributed by atoms with van der Waals surface area (Å²) in [6, 6.07) is 7.66. The number of aryl methyl sites for hydroxylation is 1. The van der Waals surface area contributed by atoms with Gasteiger partial charge < -0.3 is 23.7 Å². The highest BCUT2D eigenvalue weighted by molar-refractivity contribution is 9.10. The number of esters is 1.